The average molecular weight is 502 g/mol. The zero-order chi connectivity index (χ0) is 25.4. The summed E-state index contributed by atoms with van der Waals surface area (Å²) in [5.41, 5.74) is 16.9. The Morgan fingerprint density at radius 3 is 2.42 bits per heavy atom. The Kier molecular flexibility index (Phi) is 7.21. The second-order valence-electron chi connectivity index (χ2n) is 9.27. The van der Waals surface area contributed by atoms with Crippen molar-refractivity contribution in [1.29, 1.82) is 0 Å². The molecule has 1 aromatic rings. The number of rotatable bonds is 7. The molecule has 0 amide bonds. The van der Waals surface area contributed by atoms with Crippen LogP contribution >= 0.6 is 0 Å². The number of aryl methyl sites for hydroxylation is 1. The number of sulfonamides is 1. The second-order valence-corrected chi connectivity index (χ2v) is 15.7. The highest BCUT2D eigenvalue weighted by Crippen LogP contribution is 2.45. The predicted octanol–water partition coefficient (Wildman–Crippen LogP) is 1.52. The first-order valence-electron chi connectivity index (χ1n) is 9.79. The smallest absolute Gasteiger partial charge is 0.330 e. The molecule has 1 saturated heterocycles. The van der Waals surface area contributed by atoms with E-state index in [0.29, 0.717) is 0 Å². The maximum absolute atomic E-state index is 12.7. The third-order valence-corrected chi connectivity index (χ3v) is 11.1. The Balaban J connectivity index is 2.87. The lowest BCUT2D eigenvalue weighted by molar-refractivity contribution is -0.0989. The van der Waals surface area contributed by atoms with Crippen LogP contribution in [0.3, 0.4) is 0 Å². The van der Waals surface area contributed by atoms with Crippen molar-refractivity contribution < 1.29 is 17.6 Å². The second kappa shape index (κ2) is 8.94. The molecule has 0 saturated carbocycles. The van der Waals surface area contributed by atoms with Crippen molar-refractivity contribution in [2.24, 2.45) is 15.4 Å². The lowest BCUT2D eigenvalue weighted by Gasteiger charge is -2.40. The van der Waals surface area contributed by atoms with E-state index in [2.05, 4.69) is 25.0 Å². The minimum Gasteiger partial charge on any atom is -0.411 e. The fraction of sp³-hybridized carbons (Fsp3) is 0.750. The number of primary sulfonamides is 1. The lowest BCUT2D eigenvalue weighted by atomic mass is 10.1. The van der Waals surface area contributed by atoms with Gasteiger partial charge in [-0.15, -0.1) is 0 Å². The van der Waals surface area contributed by atoms with Crippen molar-refractivity contribution in [2.75, 3.05) is 5.75 Å². The molecule has 182 valence electrons. The van der Waals surface area contributed by atoms with Gasteiger partial charge in [-0.3, -0.25) is 14.3 Å². The van der Waals surface area contributed by atoms with E-state index in [1.165, 1.54) is 6.92 Å². The number of nitrogens with zero attached hydrogens (tertiary/aromatic N) is 7. The zero-order valence-electron chi connectivity index (χ0n) is 19.1. The summed E-state index contributed by atoms with van der Waals surface area (Å²) in [6.45, 7) is 10.9. The number of ether oxygens (including phenoxy) is 1. The monoisotopic (exact) mass is 501 g/mol. The van der Waals surface area contributed by atoms with E-state index in [9.17, 15) is 29.1 Å². The van der Waals surface area contributed by atoms with Gasteiger partial charge in [0.15, 0.2) is 8.32 Å². The van der Waals surface area contributed by atoms with Crippen LogP contribution in [-0.4, -0.2) is 50.3 Å². The average Bonchev–Trinajstić information content (AvgIpc) is 2.89. The number of azide groups is 2. The molecule has 0 spiro atoms. The van der Waals surface area contributed by atoms with Crippen molar-refractivity contribution in [2.45, 2.75) is 69.9 Å². The van der Waals surface area contributed by atoms with Gasteiger partial charge < -0.3 is 9.16 Å². The molecular formula is C16H27N9O6SSi. The third-order valence-electron chi connectivity index (χ3n) is 5.85. The van der Waals surface area contributed by atoms with Gasteiger partial charge in [-0.25, -0.2) is 18.4 Å². The van der Waals surface area contributed by atoms with Crippen molar-refractivity contribution >= 4 is 18.3 Å². The molecule has 1 aliphatic heterocycles. The summed E-state index contributed by atoms with van der Waals surface area (Å²) < 4.78 is 36.9. The first-order valence-corrected chi connectivity index (χ1v) is 14.4. The molecule has 17 heteroatoms. The number of aromatic amines is 1. The Bertz CT molecular complexity index is 1240. The molecular weight excluding hydrogens is 474 g/mol. The molecule has 0 aromatic carbocycles. The van der Waals surface area contributed by atoms with Crippen molar-refractivity contribution in [3.8, 4) is 0 Å². The van der Waals surface area contributed by atoms with E-state index < -0.39 is 59.4 Å². The molecule has 2 rings (SSSR count). The molecule has 33 heavy (non-hydrogen) atoms. The standard InChI is InChI=1S/C16H27N9O6SSi/c1-9-7-25(14(27)20-13(9)26)16(22-24-18)12(21-23-17)11(10(30-16)8-32(19,28)29)31-33(5,6)15(2,3)4/h7,10-12H,8H2,1-6H3,(H2,19,28,29)(H,20,26,27)/t10-,11-,12?,16+/m1/s1. The van der Waals surface area contributed by atoms with Crippen LogP contribution in [0.1, 0.15) is 26.3 Å². The highest BCUT2D eigenvalue weighted by molar-refractivity contribution is 7.89. The number of aromatic nitrogens is 2. The van der Waals surface area contributed by atoms with E-state index in [0.717, 1.165) is 10.8 Å². The van der Waals surface area contributed by atoms with Gasteiger partial charge in [0, 0.05) is 21.6 Å². The summed E-state index contributed by atoms with van der Waals surface area (Å²) in [6, 6.07) is -1.51. The number of nitrogens with one attached hydrogen (secondary N) is 1. The molecule has 1 unspecified atom stereocenters. The molecule has 1 fully saturated rings. The van der Waals surface area contributed by atoms with Gasteiger partial charge in [0.1, 0.15) is 12.1 Å². The van der Waals surface area contributed by atoms with Gasteiger partial charge in [0.2, 0.25) is 15.9 Å². The van der Waals surface area contributed by atoms with Crippen LogP contribution in [0.2, 0.25) is 18.1 Å². The number of hydrogen-bond donors (Lipinski definition) is 2. The van der Waals surface area contributed by atoms with Crippen LogP contribution in [0.4, 0.5) is 0 Å². The highest BCUT2D eigenvalue weighted by Gasteiger charge is 2.60. The SMILES string of the molecule is Cc1cn([C@]2(N=[N+]=[N-])O[C@H](CS(N)(=O)=O)[C@@H](O[Si](C)(C)C(C)(C)C)C2N=[N+]=[N-])c(=O)[nH]c1=O. The van der Waals surface area contributed by atoms with E-state index in [-0.39, 0.29) is 10.6 Å². The fourth-order valence-electron chi connectivity index (χ4n) is 3.19. The van der Waals surface area contributed by atoms with Crippen molar-refractivity contribution in [3.63, 3.8) is 0 Å². The Morgan fingerprint density at radius 2 is 1.94 bits per heavy atom. The van der Waals surface area contributed by atoms with Crippen LogP contribution in [0, 0.1) is 6.92 Å². The fourth-order valence-corrected chi connectivity index (χ4v) is 5.22. The van der Waals surface area contributed by atoms with Crippen molar-refractivity contribution in [1.82, 2.24) is 9.55 Å². The van der Waals surface area contributed by atoms with Crippen LogP contribution in [0.15, 0.2) is 26.0 Å². The van der Waals surface area contributed by atoms with Crippen LogP contribution in [-0.2, 0) is 25.0 Å². The van der Waals surface area contributed by atoms with E-state index in [1.54, 1.807) is 0 Å². The Hall–Kier alpha value is -2.65. The Labute approximate surface area is 190 Å². The Morgan fingerprint density at radius 1 is 1.33 bits per heavy atom. The topological polar surface area (TPSA) is 231 Å². The molecule has 2 heterocycles. The van der Waals surface area contributed by atoms with Gasteiger partial charge in [0.25, 0.3) is 5.56 Å². The molecule has 0 bridgehead atoms. The molecule has 3 N–H and O–H groups in total. The van der Waals surface area contributed by atoms with Crippen LogP contribution < -0.4 is 16.4 Å². The highest BCUT2D eigenvalue weighted by atomic mass is 32.2. The van der Waals surface area contributed by atoms with E-state index >= 15 is 0 Å². The molecule has 1 aromatic heterocycles. The summed E-state index contributed by atoms with van der Waals surface area (Å²) in [5.74, 6) is -3.14. The van der Waals surface area contributed by atoms with Crippen LogP contribution in [0.5, 0.6) is 0 Å². The quantitative estimate of drug-likeness (QED) is 0.243. The van der Waals surface area contributed by atoms with Gasteiger partial charge in [-0.2, -0.15) is 0 Å². The summed E-state index contributed by atoms with van der Waals surface area (Å²) in [4.78, 5) is 32.2. The van der Waals surface area contributed by atoms with Gasteiger partial charge in [-0.05, 0) is 41.2 Å². The summed E-state index contributed by atoms with van der Waals surface area (Å²) >= 11 is 0. The third kappa shape index (κ3) is 5.30. The van der Waals surface area contributed by atoms with E-state index in [4.69, 9.17) is 14.3 Å². The minimum absolute atomic E-state index is 0.0576. The summed E-state index contributed by atoms with van der Waals surface area (Å²) in [7, 11) is -6.80. The number of H-pyrrole nitrogens is 1. The molecule has 1 aliphatic rings. The molecule has 0 aliphatic carbocycles. The summed E-state index contributed by atoms with van der Waals surface area (Å²) in [6.07, 6.45) is -1.54. The largest absolute Gasteiger partial charge is 0.411 e. The summed E-state index contributed by atoms with van der Waals surface area (Å²) in [5, 5.41) is 12.2. The number of nitrogens with two attached hydrogens (primary N) is 1. The van der Waals surface area contributed by atoms with Crippen LogP contribution in [0.25, 0.3) is 20.9 Å². The van der Waals surface area contributed by atoms with E-state index in [1.807, 2.05) is 33.9 Å². The number of hydrogen-bond acceptors (Lipinski definition) is 8. The first kappa shape index (κ1) is 26.6. The molecule has 15 nitrogen and oxygen atoms in total. The normalized spacial score (nSPS) is 25.8. The first-order chi connectivity index (χ1) is 15.0. The van der Waals surface area contributed by atoms with Gasteiger partial charge >= 0.3 is 5.69 Å². The van der Waals surface area contributed by atoms with Gasteiger partial charge in [-0.1, -0.05) is 25.9 Å². The molecule has 0 radical (unpaired) electrons. The maximum atomic E-state index is 12.7. The van der Waals surface area contributed by atoms with Crippen molar-refractivity contribution in [3.05, 3.63) is 53.5 Å². The minimum atomic E-state index is -4.15. The lowest BCUT2D eigenvalue weighted by Crippen LogP contribution is -2.53. The molecule has 4 atom stereocenters. The van der Waals surface area contributed by atoms with Gasteiger partial charge in [0.05, 0.1) is 11.9 Å². The predicted molar refractivity (Wildman–Crippen MR) is 121 cm³/mol. The maximum Gasteiger partial charge on any atom is 0.330 e. The zero-order valence-corrected chi connectivity index (χ0v) is 20.9.